The Balaban J connectivity index is 1.07. The van der Waals surface area contributed by atoms with Gasteiger partial charge in [-0.2, -0.15) is 0 Å². The van der Waals surface area contributed by atoms with E-state index in [2.05, 4.69) is 21.3 Å². The topological polar surface area (TPSA) is 621 Å². The molecule has 0 aromatic rings. The van der Waals surface area contributed by atoms with Gasteiger partial charge in [0, 0.05) is 27.7 Å². The molecule has 0 unspecified atom stereocenters. The summed E-state index contributed by atoms with van der Waals surface area (Å²) in [5, 5.41) is 217. The molecular formula is C50H84N4O36. The molecular weight excluding hydrogens is 1230 g/mol. The van der Waals surface area contributed by atoms with Crippen LogP contribution in [0.15, 0.2) is 0 Å². The smallest absolute Gasteiger partial charge is 0.217 e. The molecule has 4 amide bonds. The van der Waals surface area contributed by atoms with Crippen molar-refractivity contribution >= 4 is 23.6 Å². The first-order valence-corrected chi connectivity index (χ1v) is 28.6. The molecule has 520 valence electrons. The first-order chi connectivity index (χ1) is 42.6. The highest BCUT2D eigenvalue weighted by Crippen LogP contribution is 2.38. The number of amides is 4. The lowest BCUT2D eigenvalue weighted by Crippen LogP contribution is -2.71. The second kappa shape index (κ2) is 32.4. The van der Waals surface area contributed by atoms with Crippen molar-refractivity contribution in [2.75, 3.05) is 46.2 Å². The van der Waals surface area contributed by atoms with Gasteiger partial charge in [-0.15, -0.1) is 0 Å². The van der Waals surface area contributed by atoms with Gasteiger partial charge in [-0.1, -0.05) is 0 Å². The van der Waals surface area contributed by atoms with Crippen molar-refractivity contribution in [3.63, 3.8) is 0 Å². The molecule has 7 heterocycles. The molecule has 7 aliphatic rings. The van der Waals surface area contributed by atoms with Crippen LogP contribution in [0.1, 0.15) is 27.7 Å². The van der Waals surface area contributed by atoms with Crippen LogP contribution in [0.25, 0.3) is 0 Å². The van der Waals surface area contributed by atoms with Crippen LogP contribution in [-0.4, -0.2) is 382 Å². The predicted octanol–water partition coefficient (Wildman–Crippen LogP) is -15.7. The van der Waals surface area contributed by atoms with Crippen molar-refractivity contribution < 1.29 is 178 Å². The van der Waals surface area contributed by atoms with E-state index >= 15 is 0 Å². The maximum Gasteiger partial charge on any atom is 0.217 e. The SMILES string of the molecule is CC(=O)N[C@@H]1[C@@H](O)[C@H](O[C@@H]2O[C@H](CO)[C@H](O)[C@H](O[C@@H]3O[C@H](CO)[C@@H](O[C@@H]4O[C@H](CO)[C@H](O)[C@H](O[C@@H]5O[C@H](CO)[C@@H](O[C@@H]6O[C@H](CO)[C@H](O[C@H]7O[C@H](CO)[C@@H](O)[C@H](O)[C@H]7NC(C)=O)[C@H](O)[C@H]6O)[C@H](O)[C@H]5NC(C)=O)[C@H]4O)[C@H](O)[C@H]3NC(C)=O)[C@H]2O)[C@@H](CO)O[C@H]1O. The second-order valence-corrected chi connectivity index (χ2v) is 22.5. The van der Waals surface area contributed by atoms with Crippen molar-refractivity contribution in [3.05, 3.63) is 0 Å². The Kier molecular flexibility index (Phi) is 26.6. The molecule has 90 heavy (non-hydrogen) atoms. The molecule has 7 rings (SSSR count). The highest BCUT2D eigenvalue weighted by Gasteiger charge is 2.59. The summed E-state index contributed by atoms with van der Waals surface area (Å²) in [7, 11) is 0. The van der Waals surface area contributed by atoms with Crippen LogP contribution < -0.4 is 21.3 Å². The summed E-state index contributed by atoms with van der Waals surface area (Å²) >= 11 is 0. The Morgan fingerprint density at radius 2 is 0.511 bits per heavy atom. The molecule has 0 bridgehead atoms. The van der Waals surface area contributed by atoms with Gasteiger partial charge in [0.25, 0.3) is 0 Å². The summed E-state index contributed by atoms with van der Waals surface area (Å²) in [5.74, 6) is -3.25. The molecule has 7 aliphatic heterocycles. The molecule has 40 heteroatoms. The van der Waals surface area contributed by atoms with Crippen molar-refractivity contribution in [1.29, 1.82) is 0 Å². The van der Waals surface area contributed by atoms with Crippen LogP contribution in [0.5, 0.6) is 0 Å². The number of ether oxygens (including phenoxy) is 13. The molecule has 0 aliphatic carbocycles. The average molecular weight is 1320 g/mol. The van der Waals surface area contributed by atoms with Crippen LogP contribution >= 0.6 is 0 Å². The van der Waals surface area contributed by atoms with Crippen LogP contribution in [0.4, 0.5) is 0 Å². The normalized spacial score (nSPS) is 47.6. The van der Waals surface area contributed by atoms with Gasteiger partial charge in [0.15, 0.2) is 44.0 Å². The molecule has 35 atom stereocenters. The van der Waals surface area contributed by atoms with E-state index in [4.69, 9.17) is 61.6 Å². The van der Waals surface area contributed by atoms with Crippen LogP contribution in [0, 0.1) is 0 Å². The third kappa shape index (κ3) is 16.3. The lowest BCUT2D eigenvalue weighted by Gasteiger charge is -2.51. The van der Waals surface area contributed by atoms with Crippen molar-refractivity contribution in [3.8, 4) is 0 Å². The first kappa shape index (κ1) is 74.0. The number of carbonyl (C=O) groups excluding carboxylic acids is 4. The predicted molar refractivity (Wildman–Crippen MR) is 278 cm³/mol. The number of hydrogen-bond donors (Lipinski definition) is 23. The number of aliphatic hydroxyl groups is 19. The zero-order valence-corrected chi connectivity index (χ0v) is 48.6. The minimum atomic E-state index is -2.29. The molecule has 0 aromatic heterocycles. The van der Waals surface area contributed by atoms with Gasteiger partial charge in [-0.3, -0.25) is 19.2 Å². The molecule has 7 fully saturated rings. The summed E-state index contributed by atoms with van der Waals surface area (Å²) in [4.78, 5) is 49.4. The van der Waals surface area contributed by atoms with Crippen LogP contribution in [0.2, 0.25) is 0 Å². The quantitative estimate of drug-likeness (QED) is 0.0452. The standard InChI is InChI=1S/C50H84N4O36/c1-12(62)51-23-31(70)38(19(8-58)78-44(23)77)87-49-36(75)42(28(67)17(6-56)80-49)89-47-26(54-15(4)65)33(72)40(21(10-60)83-47)88-50-37(76)43(29(68)18(7-57)81-50)90-46-25(53-14(3)64)32(71)39(20(9-59)82-46)86-48-35(74)34(73)41(22(11-61)84-48)85-45-24(52-13(2)63)30(69)27(66)16(5-55)79-45/h16-50,55-61,66-77H,5-11H2,1-4H3,(H,51,62)(H,52,63)(H,53,64)(H,54,65)/t16-,17-,18-,19-,20-,21-,22-,23-,24-,25-,26-,27-,28+,29+,30-,31-,32-,33-,34-,35-,36-,37-,38-,39-,40-,41+,42+,43+,44-,45-,46+,47+,48+,49+,50+/m1/s1. The Morgan fingerprint density at radius 3 is 0.867 bits per heavy atom. The van der Waals surface area contributed by atoms with Gasteiger partial charge in [0.05, 0.1) is 46.2 Å². The maximum absolute atomic E-state index is 12.7. The fourth-order valence-electron chi connectivity index (χ4n) is 11.6. The molecule has 0 radical (unpaired) electrons. The summed E-state index contributed by atoms with van der Waals surface area (Å²) in [6.45, 7) is -2.99. The molecule has 0 saturated carbocycles. The fraction of sp³-hybridized carbons (Fsp3) is 0.920. The van der Waals surface area contributed by atoms with Crippen molar-refractivity contribution in [2.45, 2.75) is 242 Å². The van der Waals surface area contributed by atoms with E-state index in [0.717, 1.165) is 27.7 Å². The highest BCUT2D eigenvalue weighted by atomic mass is 16.8. The van der Waals surface area contributed by atoms with Crippen LogP contribution in [-0.2, 0) is 80.8 Å². The zero-order chi connectivity index (χ0) is 66.5. The Bertz CT molecular complexity index is 2310. The maximum atomic E-state index is 12.7. The lowest BCUT2D eigenvalue weighted by molar-refractivity contribution is -0.387. The molecule has 0 aromatic carbocycles. The molecule has 23 N–H and O–H groups in total. The molecule has 0 spiro atoms. The highest BCUT2D eigenvalue weighted by molar-refractivity contribution is 5.74. The van der Waals surface area contributed by atoms with E-state index in [9.17, 15) is 116 Å². The minimum absolute atomic E-state index is 0.727. The minimum Gasteiger partial charge on any atom is -0.394 e. The number of carbonyl (C=O) groups is 4. The van der Waals surface area contributed by atoms with Gasteiger partial charge in [-0.05, 0) is 0 Å². The average Bonchev–Trinajstić information content (AvgIpc) is 0.817. The molecule has 40 nitrogen and oxygen atoms in total. The number of nitrogens with one attached hydrogen (secondary N) is 4. The van der Waals surface area contributed by atoms with Gasteiger partial charge < -0.3 is 180 Å². The van der Waals surface area contributed by atoms with Crippen molar-refractivity contribution in [1.82, 2.24) is 21.3 Å². The van der Waals surface area contributed by atoms with E-state index in [1.807, 2.05) is 0 Å². The summed E-state index contributed by atoms with van der Waals surface area (Å²) in [5.41, 5.74) is 0. The summed E-state index contributed by atoms with van der Waals surface area (Å²) in [6.07, 6.45) is -59.7. The fourth-order valence-corrected chi connectivity index (χ4v) is 11.6. The number of aliphatic hydroxyl groups excluding tert-OH is 19. The first-order valence-electron chi connectivity index (χ1n) is 28.6. The van der Waals surface area contributed by atoms with Crippen LogP contribution in [0.3, 0.4) is 0 Å². The molecule has 7 saturated heterocycles. The summed E-state index contributed by atoms with van der Waals surface area (Å²) < 4.78 is 75.2. The van der Waals surface area contributed by atoms with E-state index in [-0.39, 0.29) is 0 Å². The number of rotatable bonds is 23. The monoisotopic (exact) mass is 1320 g/mol. The Morgan fingerprint density at radius 1 is 0.267 bits per heavy atom. The van der Waals surface area contributed by atoms with Gasteiger partial charge in [0.2, 0.25) is 23.6 Å². The lowest BCUT2D eigenvalue weighted by atomic mass is 9.93. The zero-order valence-electron chi connectivity index (χ0n) is 48.6. The Hall–Kier alpha value is -3.40. The van der Waals surface area contributed by atoms with Gasteiger partial charge >= 0.3 is 0 Å². The Labute approximate surface area is 510 Å². The van der Waals surface area contributed by atoms with E-state index < -0.39 is 285 Å². The summed E-state index contributed by atoms with van der Waals surface area (Å²) in [6, 6.07) is -6.80. The largest absolute Gasteiger partial charge is 0.394 e. The van der Waals surface area contributed by atoms with Gasteiger partial charge in [-0.25, -0.2) is 0 Å². The van der Waals surface area contributed by atoms with Gasteiger partial charge in [0.1, 0.15) is 171 Å². The third-order valence-corrected chi connectivity index (χ3v) is 16.2. The van der Waals surface area contributed by atoms with E-state index in [1.54, 1.807) is 0 Å². The number of hydrogen-bond acceptors (Lipinski definition) is 36. The van der Waals surface area contributed by atoms with E-state index in [1.165, 1.54) is 0 Å². The van der Waals surface area contributed by atoms with Crippen molar-refractivity contribution in [2.24, 2.45) is 0 Å². The van der Waals surface area contributed by atoms with E-state index in [0.29, 0.717) is 0 Å². The third-order valence-electron chi connectivity index (χ3n) is 16.2. The second-order valence-electron chi connectivity index (χ2n) is 22.5.